The van der Waals surface area contributed by atoms with Crippen molar-refractivity contribution >= 4 is 86.8 Å². The lowest BCUT2D eigenvalue weighted by Gasteiger charge is -2.23. The highest BCUT2D eigenvalue weighted by molar-refractivity contribution is 7.26. The van der Waals surface area contributed by atoms with Crippen molar-refractivity contribution < 1.29 is 0 Å². The number of para-hydroxylation sites is 3. The zero-order valence-corrected chi connectivity index (χ0v) is 34.8. The summed E-state index contributed by atoms with van der Waals surface area (Å²) >= 11 is 1.90. The molecule has 9 aromatic carbocycles. The van der Waals surface area contributed by atoms with Crippen LogP contribution in [0.5, 0.6) is 0 Å². The molecule has 0 aliphatic carbocycles. The first-order chi connectivity index (χ1) is 31.2. The average molecular weight is 824 g/mol. The van der Waals surface area contributed by atoms with Gasteiger partial charge in [0.25, 0.3) is 0 Å². The Hall–Kier alpha value is -8.06. The lowest BCUT2D eigenvalue weighted by atomic mass is 10.0. The van der Waals surface area contributed by atoms with Crippen LogP contribution in [-0.4, -0.2) is 20.8 Å². The molecule has 12 aromatic rings. The molecule has 296 valence electrons. The summed E-state index contributed by atoms with van der Waals surface area (Å²) in [6.07, 6.45) is -0.246. The first-order valence-electron chi connectivity index (χ1n) is 21.4. The number of amidine groups is 2. The molecule has 63 heavy (non-hydrogen) atoms. The van der Waals surface area contributed by atoms with Gasteiger partial charge in [-0.25, -0.2) is 9.98 Å². The number of nitrogens with one attached hydrogen (secondary N) is 1. The molecule has 0 saturated heterocycles. The first-order valence-corrected chi connectivity index (χ1v) is 22.2. The molecule has 4 heterocycles. The number of thiophene rings is 1. The van der Waals surface area contributed by atoms with E-state index in [0.29, 0.717) is 5.84 Å². The maximum absolute atomic E-state index is 5.12. The summed E-state index contributed by atoms with van der Waals surface area (Å²) in [6.45, 7) is 0. The Morgan fingerprint density at radius 2 is 1.00 bits per heavy atom. The van der Waals surface area contributed by atoms with Crippen molar-refractivity contribution in [1.82, 2.24) is 14.5 Å². The van der Waals surface area contributed by atoms with E-state index >= 15 is 0 Å². The van der Waals surface area contributed by atoms with E-state index in [-0.39, 0.29) is 6.17 Å². The van der Waals surface area contributed by atoms with Crippen LogP contribution in [0.2, 0.25) is 0 Å². The predicted molar refractivity (Wildman–Crippen MR) is 265 cm³/mol. The molecule has 5 nitrogen and oxygen atoms in total. The first kappa shape index (κ1) is 35.7. The number of rotatable bonds is 6. The van der Waals surface area contributed by atoms with Gasteiger partial charge < -0.3 is 14.5 Å². The molecule has 0 spiro atoms. The summed E-state index contributed by atoms with van der Waals surface area (Å²) in [6, 6.07) is 76.2. The van der Waals surface area contributed by atoms with E-state index in [1.54, 1.807) is 0 Å². The maximum atomic E-state index is 5.12. The number of nitrogens with zero attached hydrogens (tertiary/aromatic N) is 4. The predicted octanol–water partition coefficient (Wildman–Crippen LogP) is 14.4. The minimum absolute atomic E-state index is 0.246. The molecule has 0 fully saturated rings. The third-order valence-corrected chi connectivity index (χ3v) is 13.8. The molecule has 3 aromatic heterocycles. The third-order valence-electron chi connectivity index (χ3n) is 12.6. The van der Waals surface area contributed by atoms with Crippen LogP contribution in [0, 0.1) is 0 Å². The average Bonchev–Trinajstić information content (AvgIpc) is 4.02. The summed E-state index contributed by atoms with van der Waals surface area (Å²) < 4.78 is 7.42. The Morgan fingerprint density at radius 3 is 1.75 bits per heavy atom. The molecule has 1 aliphatic heterocycles. The van der Waals surface area contributed by atoms with Gasteiger partial charge in [0.15, 0.2) is 5.84 Å². The van der Waals surface area contributed by atoms with Crippen LogP contribution in [0.25, 0.3) is 86.3 Å². The topological polar surface area (TPSA) is 46.6 Å². The van der Waals surface area contributed by atoms with Crippen molar-refractivity contribution in [1.29, 1.82) is 0 Å². The van der Waals surface area contributed by atoms with E-state index in [4.69, 9.17) is 9.98 Å². The molecular weight excluding hydrogens is 787 g/mol. The summed E-state index contributed by atoms with van der Waals surface area (Å²) in [5.41, 5.74) is 12.6. The molecule has 1 N–H and O–H groups in total. The number of fused-ring (bicyclic) bond motifs is 10. The summed E-state index contributed by atoms with van der Waals surface area (Å²) in [4.78, 5) is 10.2. The molecule has 0 saturated carbocycles. The van der Waals surface area contributed by atoms with E-state index in [2.05, 4.69) is 203 Å². The van der Waals surface area contributed by atoms with E-state index < -0.39 is 0 Å². The van der Waals surface area contributed by atoms with Crippen molar-refractivity contribution in [3.05, 3.63) is 229 Å². The van der Waals surface area contributed by atoms with Crippen LogP contribution >= 0.6 is 11.3 Å². The van der Waals surface area contributed by atoms with Crippen LogP contribution in [-0.2, 0) is 0 Å². The van der Waals surface area contributed by atoms with Gasteiger partial charge in [0, 0.05) is 64.2 Å². The molecule has 0 radical (unpaired) electrons. The van der Waals surface area contributed by atoms with Crippen LogP contribution in [0.1, 0.15) is 22.9 Å². The lowest BCUT2D eigenvalue weighted by Crippen LogP contribution is -2.33. The molecule has 13 rings (SSSR count). The van der Waals surface area contributed by atoms with Gasteiger partial charge in [-0.2, -0.15) is 0 Å². The lowest BCUT2D eigenvalue weighted by molar-refractivity contribution is 0.674. The van der Waals surface area contributed by atoms with Gasteiger partial charge in [-0.1, -0.05) is 158 Å². The summed E-state index contributed by atoms with van der Waals surface area (Å²) in [5, 5.41) is 11.2. The van der Waals surface area contributed by atoms with Gasteiger partial charge in [-0.15, -0.1) is 11.3 Å². The maximum Gasteiger partial charge on any atom is 0.159 e. The smallest absolute Gasteiger partial charge is 0.159 e. The van der Waals surface area contributed by atoms with Crippen LogP contribution < -0.4 is 5.32 Å². The van der Waals surface area contributed by atoms with Gasteiger partial charge in [-0.05, 0) is 71.3 Å². The van der Waals surface area contributed by atoms with Crippen molar-refractivity contribution in [2.24, 2.45) is 9.98 Å². The van der Waals surface area contributed by atoms with Gasteiger partial charge in [-0.3, -0.25) is 0 Å². The monoisotopic (exact) mass is 823 g/mol. The van der Waals surface area contributed by atoms with Gasteiger partial charge in [0.1, 0.15) is 12.0 Å². The Morgan fingerprint density at radius 1 is 0.413 bits per heavy atom. The molecule has 0 amide bonds. The fraction of sp³-hybridized carbons (Fsp3) is 0.0175. The molecular formula is C57H37N5S. The fourth-order valence-corrected chi connectivity index (χ4v) is 10.9. The van der Waals surface area contributed by atoms with Crippen molar-refractivity contribution in [2.45, 2.75) is 6.17 Å². The number of hydrogen-bond acceptors (Lipinski definition) is 4. The minimum Gasteiger partial charge on any atom is -0.344 e. The number of aromatic nitrogens is 2. The van der Waals surface area contributed by atoms with Crippen LogP contribution in [0.4, 0.5) is 0 Å². The quantitative estimate of drug-likeness (QED) is 0.178. The number of hydrogen-bond donors (Lipinski definition) is 1. The zero-order valence-electron chi connectivity index (χ0n) is 34.0. The molecule has 6 heteroatoms. The zero-order chi connectivity index (χ0) is 41.4. The standard InChI is InChI=1S/C57H37N5S/c1-4-14-37(15-5-1)55-58-56(38-16-6-2-7-17-38)60-57(59-55)39-26-24-36(25-27-39)40-28-32-50-47(34-40)53-51(61(50)41-18-8-3-9-19-41)33-31-46-45-30-29-42(35-52(45)63-54(46)53)62-48-22-12-10-20-43(48)44-21-11-13-23-49(44)62/h1-35,55H,(H,58,59,60). The molecule has 1 unspecified atom stereocenters. The number of aliphatic imine (C=N–C) groups is 2. The normalized spacial score (nSPS) is 14.2. The van der Waals surface area contributed by atoms with Crippen LogP contribution in [0.15, 0.2) is 222 Å². The summed E-state index contributed by atoms with van der Waals surface area (Å²) in [5.74, 6) is 1.53. The molecule has 1 aliphatic rings. The van der Waals surface area contributed by atoms with Gasteiger partial charge in [0.2, 0.25) is 0 Å². The Bertz CT molecular complexity index is 3750. The highest BCUT2D eigenvalue weighted by atomic mass is 32.1. The second-order valence-electron chi connectivity index (χ2n) is 16.2. The minimum atomic E-state index is -0.246. The highest BCUT2D eigenvalue weighted by Crippen LogP contribution is 2.45. The largest absolute Gasteiger partial charge is 0.344 e. The van der Waals surface area contributed by atoms with E-state index in [9.17, 15) is 0 Å². The molecule has 1 atom stereocenters. The van der Waals surface area contributed by atoms with Crippen molar-refractivity contribution in [3.63, 3.8) is 0 Å². The third kappa shape index (κ3) is 5.76. The van der Waals surface area contributed by atoms with E-state index in [1.807, 2.05) is 35.6 Å². The fourth-order valence-electron chi connectivity index (χ4n) is 9.64. The van der Waals surface area contributed by atoms with Crippen molar-refractivity contribution in [2.75, 3.05) is 0 Å². The van der Waals surface area contributed by atoms with Gasteiger partial charge in [0.05, 0.1) is 22.1 Å². The van der Waals surface area contributed by atoms with E-state index in [1.165, 1.54) is 69.5 Å². The second-order valence-corrected chi connectivity index (χ2v) is 17.3. The van der Waals surface area contributed by atoms with Crippen molar-refractivity contribution in [3.8, 4) is 22.5 Å². The van der Waals surface area contributed by atoms with E-state index in [0.717, 1.165) is 39.3 Å². The van der Waals surface area contributed by atoms with Crippen LogP contribution in [0.3, 0.4) is 0 Å². The summed E-state index contributed by atoms with van der Waals surface area (Å²) in [7, 11) is 0. The Kier molecular flexibility index (Phi) is 8.08. The highest BCUT2D eigenvalue weighted by Gasteiger charge is 2.22. The Balaban J connectivity index is 0.954. The second kappa shape index (κ2) is 14.3. The van der Waals surface area contributed by atoms with Gasteiger partial charge >= 0.3 is 0 Å². The number of benzene rings is 9. The SMILES string of the molecule is c1ccc(C2=NC(c3ccc(-c4ccc5c(c4)c4c6sc7cc(-n8c9ccccc9c9ccccc98)ccc7c6ccc4n5-c4ccccc4)cc3)=NC(c3ccccc3)N2)cc1. The molecule has 0 bridgehead atoms. The Labute approximate surface area is 367 Å².